The molecule has 1 amide bonds. The van der Waals surface area contributed by atoms with Gasteiger partial charge in [-0.1, -0.05) is 30.3 Å². The zero-order valence-electron chi connectivity index (χ0n) is 22.9. The van der Waals surface area contributed by atoms with Gasteiger partial charge in [0, 0.05) is 33.8 Å². The van der Waals surface area contributed by atoms with Crippen molar-refractivity contribution in [3.63, 3.8) is 0 Å². The maximum absolute atomic E-state index is 13.2. The van der Waals surface area contributed by atoms with E-state index >= 15 is 0 Å². The number of esters is 3. The second kappa shape index (κ2) is 15.9. The molecule has 1 aromatic carbocycles. The minimum atomic E-state index is -1.26. The molecule has 6 atom stereocenters. The number of benzene rings is 1. The molecular formula is C27H37NO11. The van der Waals surface area contributed by atoms with E-state index in [2.05, 4.69) is 5.32 Å². The predicted octanol–water partition coefficient (Wildman–Crippen LogP) is 1.61. The van der Waals surface area contributed by atoms with Gasteiger partial charge in [0.25, 0.3) is 5.91 Å². The highest BCUT2D eigenvalue weighted by atomic mass is 16.7. The number of hydrogen-bond donors (Lipinski definition) is 1. The van der Waals surface area contributed by atoms with Gasteiger partial charge in [-0.25, -0.2) is 0 Å². The van der Waals surface area contributed by atoms with Gasteiger partial charge in [0.2, 0.25) is 0 Å². The first-order chi connectivity index (χ1) is 18.5. The zero-order chi connectivity index (χ0) is 28.9. The second-order valence-corrected chi connectivity index (χ2v) is 9.12. The summed E-state index contributed by atoms with van der Waals surface area (Å²) in [5, 5.41) is 2.79. The normalized spacial score (nSPS) is 23.3. The summed E-state index contributed by atoms with van der Waals surface area (Å²) in [5.41, 5.74) is 0.830. The van der Waals surface area contributed by atoms with Crippen LogP contribution in [0.15, 0.2) is 30.3 Å². The average molecular weight is 552 g/mol. The lowest BCUT2D eigenvalue weighted by atomic mass is 9.95. The summed E-state index contributed by atoms with van der Waals surface area (Å²) in [4.78, 5) is 60.0. The van der Waals surface area contributed by atoms with Gasteiger partial charge < -0.3 is 38.5 Å². The Kier molecular flexibility index (Phi) is 13.0. The Bertz CT molecular complexity index is 983. The molecule has 0 bridgehead atoms. The number of methoxy groups -OCH3 is 1. The highest BCUT2D eigenvalue weighted by molar-refractivity contribution is 5.84. The quantitative estimate of drug-likeness (QED) is 0.265. The Morgan fingerprint density at radius 2 is 1.67 bits per heavy atom. The van der Waals surface area contributed by atoms with E-state index in [4.69, 9.17) is 28.4 Å². The Balaban J connectivity index is 2.30. The highest BCUT2D eigenvalue weighted by Gasteiger charge is 2.49. The van der Waals surface area contributed by atoms with E-state index in [9.17, 15) is 24.0 Å². The molecule has 1 aliphatic rings. The molecule has 0 aliphatic carbocycles. The number of carbonyl (C=O) groups is 5. The van der Waals surface area contributed by atoms with Gasteiger partial charge in [0.05, 0.1) is 31.8 Å². The van der Waals surface area contributed by atoms with Crippen LogP contribution >= 0.6 is 0 Å². The largest absolute Gasteiger partial charge is 0.466 e. The van der Waals surface area contributed by atoms with Crippen LogP contribution in [0.25, 0.3) is 0 Å². The third kappa shape index (κ3) is 10.7. The fourth-order valence-electron chi connectivity index (χ4n) is 3.98. The molecule has 1 N–H and O–H groups in total. The van der Waals surface area contributed by atoms with Crippen LogP contribution < -0.4 is 5.32 Å². The number of carbonyl (C=O) groups excluding carboxylic acids is 5. The molecule has 12 nitrogen and oxygen atoms in total. The first-order valence-corrected chi connectivity index (χ1v) is 12.7. The van der Waals surface area contributed by atoms with E-state index in [0.29, 0.717) is 0 Å². The summed E-state index contributed by atoms with van der Waals surface area (Å²) in [5.74, 6) is -2.74. The smallest absolute Gasteiger partial charge is 0.306 e. The van der Waals surface area contributed by atoms with Crippen LogP contribution in [-0.2, 0) is 59.0 Å². The summed E-state index contributed by atoms with van der Waals surface area (Å²) in [7, 11) is 1.38. The van der Waals surface area contributed by atoms with E-state index in [1.165, 1.54) is 21.0 Å². The molecule has 39 heavy (non-hydrogen) atoms. The van der Waals surface area contributed by atoms with Crippen LogP contribution in [0.4, 0.5) is 0 Å². The van der Waals surface area contributed by atoms with Crippen molar-refractivity contribution in [2.45, 2.75) is 90.3 Å². The molecule has 0 saturated carbocycles. The van der Waals surface area contributed by atoms with Crippen LogP contribution in [0.1, 0.15) is 52.5 Å². The maximum Gasteiger partial charge on any atom is 0.306 e. The van der Waals surface area contributed by atoms with Crippen molar-refractivity contribution in [3.05, 3.63) is 35.9 Å². The van der Waals surface area contributed by atoms with Crippen LogP contribution in [0.5, 0.6) is 0 Å². The van der Waals surface area contributed by atoms with Crippen molar-refractivity contribution in [3.8, 4) is 0 Å². The Morgan fingerprint density at radius 1 is 0.974 bits per heavy atom. The summed E-state index contributed by atoms with van der Waals surface area (Å²) in [6, 6.07) is 8.37. The molecule has 216 valence electrons. The number of hydrogen-bond acceptors (Lipinski definition) is 11. The number of ketones is 1. The van der Waals surface area contributed by atoms with Gasteiger partial charge in [-0.15, -0.1) is 0 Å². The summed E-state index contributed by atoms with van der Waals surface area (Å²) < 4.78 is 33.3. The van der Waals surface area contributed by atoms with E-state index in [1.807, 2.05) is 30.3 Å². The monoisotopic (exact) mass is 551 g/mol. The molecular weight excluding hydrogens is 514 g/mol. The number of Topliss-reactive ketones (excluding diaryl/α,β-unsaturated/α-hetero) is 1. The van der Waals surface area contributed by atoms with Gasteiger partial charge in [-0.3, -0.25) is 19.2 Å². The van der Waals surface area contributed by atoms with Crippen LogP contribution in [0.3, 0.4) is 0 Å². The first kappa shape index (κ1) is 31.9. The zero-order valence-corrected chi connectivity index (χ0v) is 22.9. The van der Waals surface area contributed by atoms with Crippen molar-refractivity contribution < 1.29 is 52.4 Å². The Labute approximate surface area is 227 Å². The number of rotatable bonds is 14. The van der Waals surface area contributed by atoms with Crippen molar-refractivity contribution in [1.82, 2.24) is 5.32 Å². The molecule has 12 heteroatoms. The number of ether oxygens (including phenoxy) is 6. The van der Waals surface area contributed by atoms with Crippen molar-refractivity contribution in [1.29, 1.82) is 0 Å². The maximum atomic E-state index is 13.2. The van der Waals surface area contributed by atoms with Crippen LogP contribution in [-0.4, -0.2) is 80.1 Å². The molecule has 1 aromatic rings. The topological polar surface area (TPSA) is 153 Å². The average Bonchev–Trinajstić information content (AvgIpc) is 2.88. The van der Waals surface area contributed by atoms with Gasteiger partial charge in [0.15, 0.2) is 18.5 Å². The fraction of sp³-hybridized carbons (Fsp3) is 0.593. The molecule has 2 rings (SSSR count). The van der Waals surface area contributed by atoms with E-state index in [0.717, 1.165) is 12.5 Å². The summed E-state index contributed by atoms with van der Waals surface area (Å²) in [6.45, 7) is 5.40. The van der Waals surface area contributed by atoms with Gasteiger partial charge >= 0.3 is 17.9 Å². The molecule has 1 saturated heterocycles. The third-order valence-electron chi connectivity index (χ3n) is 5.86. The molecule has 1 heterocycles. The lowest BCUT2D eigenvalue weighted by Crippen LogP contribution is -2.65. The molecule has 1 aliphatic heterocycles. The van der Waals surface area contributed by atoms with Crippen LogP contribution in [0.2, 0.25) is 0 Å². The summed E-state index contributed by atoms with van der Waals surface area (Å²) in [6.07, 6.45) is -5.24. The second-order valence-electron chi connectivity index (χ2n) is 9.12. The van der Waals surface area contributed by atoms with E-state index in [-0.39, 0.29) is 38.3 Å². The Morgan fingerprint density at radius 3 is 2.26 bits per heavy atom. The van der Waals surface area contributed by atoms with Crippen molar-refractivity contribution in [2.75, 3.05) is 13.7 Å². The lowest BCUT2D eigenvalue weighted by molar-refractivity contribution is -0.278. The fourth-order valence-corrected chi connectivity index (χ4v) is 3.98. The van der Waals surface area contributed by atoms with Gasteiger partial charge in [0.1, 0.15) is 11.9 Å². The third-order valence-corrected chi connectivity index (χ3v) is 5.86. The minimum absolute atomic E-state index is 0.00254. The Hall–Kier alpha value is -3.35. The van der Waals surface area contributed by atoms with Crippen LogP contribution in [0, 0.1) is 0 Å². The number of nitrogens with one attached hydrogen (secondary N) is 1. The summed E-state index contributed by atoms with van der Waals surface area (Å²) >= 11 is 0. The molecule has 0 radical (unpaired) electrons. The predicted molar refractivity (Wildman–Crippen MR) is 135 cm³/mol. The molecule has 1 fully saturated rings. The standard InChI is InChI=1S/C27H37NO11/c1-16(29)11-12-22(32)39-25-24(36-15-20-9-7-6-8-10-20)23(17(2)37-27(25)34-5)28-26(33)21(38-19(4)31)13-14-35-18(3)30/h6-10,17,21,23-25,27H,11-15H2,1-5H3,(H,28,33)/t17-,21-,23-,24+,25+,27+/m1/s1. The molecule has 0 spiro atoms. The van der Waals surface area contributed by atoms with Gasteiger partial charge in [-0.05, 0) is 19.4 Å². The SMILES string of the molecule is CO[C@H]1O[C@H](C)[C@@H](NC(=O)[C@@H](CCOC(C)=O)OC(C)=O)[C@H](OCc2ccccc2)[C@@H]1OC(=O)CCC(C)=O. The van der Waals surface area contributed by atoms with Gasteiger partial charge in [-0.2, -0.15) is 0 Å². The van der Waals surface area contributed by atoms with Crippen molar-refractivity contribution >= 4 is 29.6 Å². The lowest BCUT2D eigenvalue weighted by Gasteiger charge is -2.44. The first-order valence-electron chi connectivity index (χ1n) is 12.7. The minimum Gasteiger partial charge on any atom is -0.466 e. The molecule has 0 unspecified atom stereocenters. The highest BCUT2D eigenvalue weighted by Crippen LogP contribution is 2.28. The van der Waals surface area contributed by atoms with E-state index in [1.54, 1.807) is 6.92 Å². The molecule has 0 aromatic heterocycles. The number of amides is 1. The van der Waals surface area contributed by atoms with Crippen molar-refractivity contribution in [2.24, 2.45) is 0 Å². The van der Waals surface area contributed by atoms with E-state index < -0.39 is 60.6 Å².